The SMILES string of the molecule is COc1ccc([C@H](CC(=O)ON)N2NC(C)CC(CC(=O)C(C)(C)Nc3ccc(N(N)C(=O)N(N)c4ccccc4F)c(OC)c3)C2=O)cc1OC. The Balaban J connectivity index is 1.52. The monoisotopic (exact) mass is 724 g/mol. The van der Waals surface area contributed by atoms with Gasteiger partial charge in [0.2, 0.25) is 5.91 Å². The van der Waals surface area contributed by atoms with Crippen LogP contribution in [0.1, 0.15) is 51.6 Å². The van der Waals surface area contributed by atoms with Crippen LogP contribution in [0.15, 0.2) is 60.7 Å². The summed E-state index contributed by atoms with van der Waals surface area (Å²) in [6, 6.07) is 13.0. The van der Waals surface area contributed by atoms with Crippen molar-refractivity contribution in [2.45, 2.75) is 57.7 Å². The highest BCUT2D eigenvalue weighted by Crippen LogP contribution is 2.37. The lowest BCUT2D eigenvalue weighted by Crippen LogP contribution is -2.57. The molecule has 4 rings (SSSR count). The van der Waals surface area contributed by atoms with Crippen molar-refractivity contribution in [3.8, 4) is 17.2 Å². The van der Waals surface area contributed by atoms with Crippen molar-refractivity contribution in [2.24, 2.45) is 23.5 Å². The molecule has 2 unspecified atom stereocenters. The molecule has 0 spiro atoms. The molecule has 0 aliphatic carbocycles. The van der Waals surface area contributed by atoms with Gasteiger partial charge in [0.25, 0.3) is 0 Å². The first-order valence-electron chi connectivity index (χ1n) is 16.2. The molecule has 1 aliphatic heterocycles. The molecule has 1 aliphatic rings. The van der Waals surface area contributed by atoms with Gasteiger partial charge in [-0.05, 0) is 69.2 Å². The first-order valence-corrected chi connectivity index (χ1v) is 16.2. The molecule has 3 atom stereocenters. The fourth-order valence-electron chi connectivity index (χ4n) is 5.95. The van der Waals surface area contributed by atoms with Crippen LogP contribution in [0.4, 0.5) is 26.2 Å². The molecule has 0 aromatic heterocycles. The highest BCUT2D eigenvalue weighted by molar-refractivity contribution is 6.03. The molecule has 0 bridgehead atoms. The molecule has 3 aromatic carbocycles. The first-order chi connectivity index (χ1) is 24.6. The Labute approximate surface area is 300 Å². The number of amides is 3. The average molecular weight is 725 g/mol. The third-order valence-electron chi connectivity index (χ3n) is 8.73. The molecule has 17 heteroatoms. The maximum absolute atomic E-state index is 14.3. The van der Waals surface area contributed by atoms with Crippen LogP contribution in [-0.2, 0) is 19.2 Å². The molecule has 8 N–H and O–H groups in total. The van der Waals surface area contributed by atoms with Gasteiger partial charge in [-0.2, -0.15) is 5.90 Å². The second kappa shape index (κ2) is 16.7. The Bertz CT molecular complexity index is 1790. The third kappa shape index (κ3) is 8.68. The lowest BCUT2D eigenvalue weighted by atomic mass is 9.85. The zero-order valence-electron chi connectivity index (χ0n) is 29.8. The Hall–Kier alpha value is -5.49. The minimum atomic E-state index is -1.19. The van der Waals surface area contributed by atoms with Gasteiger partial charge in [0, 0.05) is 30.1 Å². The van der Waals surface area contributed by atoms with Crippen molar-refractivity contribution in [1.29, 1.82) is 0 Å². The number of hydrogen-bond acceptors (Lipinski definition) is 13. The third-order valence-corrected chi connectivity index (χ3v) is 8.73. The van der Waals surface area contributed by atoms with E-state index in [9.17, 15) is 23.6 Å². The number of Topliss-reactive ketones (excluding diaryl/α,β-unsaturated/α-hetero) is 1. The van der Waals surface area contributed by atoms with E-state index < -0.39 is 41.2 Å². The number of nitrogens with zero attached hydrogens (tertiary/aromatic N) is 3. The summed E-state index contributed by atoms with van der Waals surface area (Å²) in [5, 5.41) is 5.81. The maximum atomic E-state index is 14.3. The Morgan fingerprint density at radius 3 is 2.25 bits per heavy atom. The number of hydrazine groups is 3. The molecule has 3 aromatic rings. The van der Waals surface area contributed by atoms with Crippen LogP contribution in [0.25, 0.3) is 0 Å². The molecule has 1 saturated heterocycles. The number of ether oxygens (including phenoxy) is 3. The predicted octanol–water partition coefficient (Wildman–Crippen LogP) is 3.47. The van der Waals surface area contributed by atoms with Crippen molar-refractivity contribution in [3.63, 3.8) is 0 Å². The Morgan fingerprint density at radius 2 is 1.62 bits per heavy atom. The number of nitrogens with one attached hydrogen (secondary N) is 2. The van der Waals surface area contributed by atoms with Crippen molar-refractivity contribution in [1.82, 2.24) is 10.4 Å². The fraction of sp³-hybridized carbons (Fsp3) is 0.371. The number of carbonyl (C=O) groups is 4. The number of carbonyl (C=O) groups excluding carboxylic acids is 4. The van der Waals surface area contributed by atoms with Crippen molar-refractivity contribution >= 4 is 40.8 Å². The molecule has 1 fully saturated rings. The highest BCUT2D eigenvalue weighted by Gasteiger charge is 2.41. The van der Waals surface area contributed by atoms with E-state index >= 15 is 0 Å². The lowest BCUT2D eigenvalue weighted by Gasteiger charge is -2.41. The van der Waals surface area contributed by atoms with Gasteiger partial charge in [0.1, 0.15) is 17.3 Å². The molecule has 280 valence electrons. The molecule has 16 nitrogen and oxygen atoms in total. The molecular weight excluding hydrogens is 679 g/mol. The van der Waals surface area contributed by atoms with Gasteiger partial charge in [0.05, 0.1) is 45.0 Å². The van der Waals surface area contributed by atoms with Crippen LogP contribution in [0.3, 0.4) is 0 Å². The summed E-state index contributed by atoms with van der Waals surface area (Å²) in [5.74, 6) is 15.3. The molecule has 3 amide bonds. The van der Waals surface area contributed by atoms with Gasteiger partial charge in [-0.3, -0.25) is 19.4 Å². The van der Waals surface area contributed by atoms with Crippen LogP contribution in [0.2, 0.25) is 0 Å². The summed E-state index contributed by atoms with van der Waals surface area (Å²) in [6.07, 6.45) is -0.0453. The van der Waals surface area contributed by atoms with E-state index in [0.717, 1.165) is 6.07 Å². The van der Waals surface area contributed by atoms with Gasteiger partial charge >= 0.3 is 12.0 Å². The fourth-order valence-corrected chi connectivity index (χ4v) is 5.95. The van der Waals surface area contributed by atoms with E-state index in [1.54, 1.807) is 38.1 Å². The number of rotatable bonds is 14. The van der Waals surface area contributed by atoms with Gasteiger partial charge < -0.3 is 24.4 Å². The number of para-hydroxylation sites is 1. The Morgan fingerprint density at radius 1 is 0.962 bits per heavy atom. The number of benzene rings is 3. The number of urea groups is 1. The average Bonchev–Trinajstić information content (AvgIpc) is 3.13. The summed E-state index contributed by atoms with van der Waals surface area (Å²) in [5.41, 5.74) is 2.89. The van der Waals surface area contributed by atoms with Gasteiger partial charge in [0.15, 0.2) is 17.3 Å². The van der Waals surface area contributed by atoms with Crippen LogP contribution in [0.5, 0.6) is 17.2 Å². The maximum Gasteiger partial charge on any atom is 0.357 e. The highest BCUT2D eigenvalue weighted by atomic mass is 19.1. The quantitative estimate of drug-likeness (QED) is 0.0916. The van der Waals surface area contributed by atoms with Gasteiger partial charge in [-0.15, -0.1) is 0 Å². The molecule has 0 saturated carbocycles. The second-order valence-corrected chi connectivity index (χ2v) is 12.7. The van der Waals surface area contributed by atoms with E-state index in [1.165, 1.54) is 56.7 Å². The van der Waals surface area contributed by atoms with Crippen LogP contribution >= 0.6 is 0 Å². The summed E-state index contributed by atoms with van der Waals surface area (Å²) in [4.78, 5) is 57.7. The molecule has 1 heterocycles. The second-order valence-electron chi connectivity index (χ2n) is 12.7. The van der Waals surface area contributed by atoms with E-state index in [-0.39, 0.29) is 41.8 Å². The normalized spacial score (nSPS) is 16.4. The minimum Gasteiger partial charge on any atom is -0.494 e. The largest absolute Gasteiger partial charge is 0.494 e. The standard InChI is InChI=1S/C35H45FN8O8/c1-20-15-22(33(47)44(41-20)27(19-32(46)52-39)21-11-14-28(49-4)30(16-21)51-6)17-31(45)35(2,3)40-23-12-13-26(29(18-23)50-5)43(38)34(48)42(37)25-10-8-7-9-24(25)36/h7-14,16,18,20,22,27,40-41H,15,17,19,37-39H2,1-6H3/t20?,22?,27-/m0/s1. The smallest absolute Gasteiger partial charge is 0.357 e. The van der Waals surface area contributed by atoms with Gasteiger partial charge in [-0.1, -0.05) is 18.2 Å². The zero-order valence-corrected chi connectivity index (χ0v) is 29.8. The summed E-state index contributed by atoms with van der Waals surface area (Å²) in [7, 11) is 4.33. The minimum absolute atomic E-state index is 0.117. The molecule has 0 radical (unpaired) electrons. The van der Waals surface area contributed by atoms with Crippen LogP contribution in [0, 0.1) is 11.7 Å². The van der Waals surface area contributed by atoms with E-state index in [4.69, 9.17) is 31.8 Å². The number of anilines is 3. The molecular formula is C35H45FN8O8. The van der Waals surface area contributed by atoms with Crippen molar-refractivity contribution in [2.75, 3.05) is 36.7 Å². The van der Waals surface area contributed by atoms with E-state index in [2.05, 4.69) is 15.6 Å². The number of ketones is 1. The van der Waals surface area contributed by atoms with E-state index in [1.807, 2.05) is 6.92 Å². The van der Waals surface area contributed by atoms with Crippen molar-refractivity contribution in [3.05, 3.63) is 72.0 Å². The first kappa shape index (κ1) is 39.3. The summed E-state index contributed by atoms with van der Waals surface area (Å²) < 4.78 is 30.5. The number of nitrogens with two attached hydrogens (primary N) is 3. The topological polar surface area (TPSA) is 217 Å². The lowest BCUT2D eigenvalue weighted by molar-refractivity contribution is -0.155. The van der Waals surface area contributed by atoms with Crippen molar-refractivity contribution < 1.29 is 42.6 Å². The predicted molar refractivity (Wildman–Crippen MR) is 190 cm³/mol. The Kier molecular flexibility index (Phi) is 12.6. The number of methoxy groups -OCH3 is 3. The summed E-state index contributed by atoms with van der Waals surface area (Å²) >= 11 is 0. The van der Waals surface area contributed by atoms with Crippen LogP contribution in [-0.4, -0.2) is 61.6 Å². The van der Waals surface area contributed by atoms with Crippen LogP contribution < -0.4 is 52.6 Å². The van der Waals surface area contributed by atoms with Gasteiger partial charge in [-0.25, -0.2) is 36.3 Å². The molecule has 52 heavy (non-hydrogen) atoms. The number of hydrogen-bond donors (Lipinski definition) is 5. The summed E-state index contributed by atoms with van der Waals surface area (Å²) in [6.45, 7) is 5.21. The van der Waals surface area contributed by atoms with E-state index in [0.29, 0.717) is 39.2 Å². The zero-order chi connectivity index (χ0) is 38.3. The number of halogens is 1.